The van der Waals surface area contributed by atoms with Gasteiger partial charge in [-0.15, -0.1) is 0 Å². The third-order valence-corrected chi connectivity index (χ3v) is 3.49. The summed E-state index contributed by atoms with van der Waals surface area (Å²) in [6.45, 7) is 1.41. The van der Waals surface area contributed by atoms with Crippen LogP contribution in [-0.2, 0) is 29.0 Å². The van der Waals surface area contributed by atoms with Gasteiger partial charge in [0.2, 0.25) is 10.0 Å². The van der Waals surface area contributed by atoms with Crippen LogP contribution >= 0.6 is 0 Å². The summed E-state index contributed by atoms with van der Waals surface area (Å²) < 4.78 is 39.6. The molecule has 18 heavy (non-hydrogen) atoms. The van der Waals surface area contributed by atoms with Crippen molar-refractivity contribution < 1.29 is 27.4 Å². The highest BCUT2D eigenvalue weighted by atomic mass is 32.2. The van der Waals surface area contributed by atoms with E-state index in [0.29, 0.717) is 19.8 Å². The van der Waals surface area contributed by atoms with E-state index in [1.807, 2.05) is 0 Å². The van der Waals surface area contributed by atoms with Gasteiger partial charge in [-0.25, -0.2) is 13.1 Å². The van der Waals surface area contributed by atoms with Crippen molar-refractivity contribution in [2.45, 2.75) is 12.8 Å². The molecule has 0 aromatic heterocycles. The van der Waals surface area contributed by atoms with Crippen molar-refractivity contribution in [2.24, 2.45) is 0 Å². The van der Waals surface area contributed by atoms with Crippen LogP contribution in [0, 0.1) is 0 Å². The number of hydrogen-bond acceptors (Lipinski definition) is 6. The Hall–Kier alpha value is -0.700. The molecule has 0 fully saturated rings. The Morgan fingerprint density at radius 2 is 1.89 bits per heavy atom. The number of methoxy groups -OCH3 is 2. The van der Waals surface area contributed by atoms with Gasteiger partial charge in [0.1, 0.15) is 0 Å². The topological polar surface area (TPSA) is 90.9 Å². The molecule has 0 radical (unpaired) electrons. The normalized spacial score (nSPS) is 11.4. The van der Waals surface area contributed by atoms with E-state index in [-0.39, 0.29) is 25.1 Å². The van der Waals surface area contributed by atoms with E-state index >= 15 is 0 Å². The van der Waals surface area contributed by atoms with Crippen LogP contribution in [-0.4, -0.2) is 60.7 Å². The lowest BCUT2D eigenvalue weighted by molar-refractivity contribution is -0.140. The molecule has 0 saturated carbocycles. The van der Waals surface area contributed by atoms with Crippen molar-refractivity contribution in [1.29, 1.82) is 0 Å². The number of nitrogens with one attached hydrogen (secondary N) is 1. The van der Waals surface area contributed by atoms with Crippen LogP contribution in [0.25, 0.3) is 0 Å². The third kappa shape index (κ3) is 10.5. The largest absolute Gasteiger partial charge is 0.469 e. The zero-order valence-electron chi connectivity index (χ0n) is 10.8. The molecule has 0 spiro atoms. The summed E-state index contributed by atoms with van der Waals surface area (Å²) in [5.74, 6) is -0.506. The molecule has 0 aliphatic rings. The molecule has 0 aromatic carbocycles. The zero-order valence-corrected chi connectivity index (χ0v) is 11.6. The minimum atomic E-state index is -3.35. The summed E-state index contributed by atoms with van der Waals surface area (Å²) in [5.41, 5.74) is 0. The minimum absolute atomic E-state index is 0.0971. The van der Waals surface area contributed by atoms with Crippen LogP contribution in [0.4, 0.5) is 0 Å². The molecular weight excluding hydrogens is 262 g/mol. The quantitative estimate of drug-likeness (QED) is 0.407. The Morgan fingerprint density at radius 3 is 2.50 bits per heavy atom. The van der Waals surface area contributed by atoms with Crippen molar-refractivity contribution in [3.63, 3.8) is 0 Å². The average Bonchev–Trinajstić information content (AvgIpc) is 2.33. The van der Waals surface area contributed by atoms with Crippen molar-refractivity contribution in [3.8, 4) is 0 Å². The molecule has 108 valence electrons. The lowest BCUT2D eigenvalue weighted by Crippen LogP contribution is -2.30. The average molecular weight is 283 g/mol. The van der Waals surface area contributed by atoms with Gasteiger partial charge in [0.05, 0.1) is 32.7 Å². The Morgan fingerprint density at radius 1 is 1.17 bits per heavy atom. The highest BCUT2D eigenvalue weighted by Crippen LogP contribution is 1.96. The Labute approximate surface area is 108 Å². The maximum absolute atomic E-state index is 11.4. The van der Waals surface area contributed by atoms with E-state index in [4.69, 9.17) is 9.47 Å². The lowest BCUT2D eigenvalue weighted by Gasteiger charge is -2.07. The summed E-state index contributed by atoms with van der Waals surface area (Å²) in [7, 11) is -0.514. The van der Waals surface area contributed by atoms with Crippen LogP contribution < -0.4 is 4.72 Å². The SMILES string of the molecule is COCCOCCNS(=O)(=O)CCCC(=O)OC. The first-order chi connectivity index (χ1) is 8.52. The smallest absolute Gasteiger partial charge is 0.305 e. The summed E-state index contributed by atoms with van der Waals surface area (Å²) in [6.07, 6.45) is 0.342. The summed E-state index contributed by atoms with van der Waals surface area (Å²) in [4.78, 5) is 10.8. The van der Waals surface area contributed by atoms with E-state index in [0.717, 1.165) is 0 Å². The van der Waals surface area contributed by atoms with Gasteiger partial charge in [0, 0.05) is 20.1 Å². The van der Waals surface area contributed by atoms with E-state index in [1.165, 1.54) is 7.11 Å². The second kappa shape index (κ2) is 10.2. The molecule has 0 heterocycles. The number of sulfonamides is 1. The maximum atomic E-state index is 11.4. The van der Waals surface area contributed by atoms with Crippen LogP contribution in [0.15, 0.2) is 0 Å². The second-order valence-electron chi connectivity index (χ2n) is 3.50. The van der Waals surface area contributed by atoms with E-state index in [2.05, 4.69) is 9.46 Å². The van der Waals surface area contributed by atoms with E-state index in [1.54, 1.807) is 7.11 Å². The van der Waals surface area contributed by atoms with Crippen LogP contribution in [0.3, 0.4) is 0 Å². The van der Waals surface area contributed by atoms with Gasteiger partial charge >= 0.3 is 5.97 Å². The van der Waals surface area contributed by atoms with E-state index < -0.39 is 16.0 Å². The van der Waals surface area contributed by atoms with Crippen molar-refractivity contribution in [3.05, 3.63) is 0 Å². The zero-order chi connectivity index (χ0) is 13.9. The van der Waals surface area contributed by atoms with Gasteiger partial charge in [-0.05, 0) is 6.42 Å². The number of ether oxygens (including phenoxy) is 3. The van der Waals surface area contributed by atoms with Crippen molar-refractivity contribution >= 4 is 16.0 Å². The fourth-order valence-corrected chi connectivity index (χ4v) is 2.16. The molecule has 1 N–H and O–H groups in total. The highest BCUT2D eigenvalue weighted by Gasteiger charge is 2.10. The molecule has 0 saturated heterocycles. The number of hydrogen-bond donors (Lipinski definition) is 1. The van der Waals surface area contributed by atoms with Gasteiger partial charge in [0.15, 0.2) is 0 Å². The molecule has 0 bridgehead atoms. The molecule has 0 rings (SSSR count). The molecule has 7 nitrogen and oxygen atoms in total. The van der Waals surface area contributed by atoms with Crippen molar-refractivity contribution in [1.82, 2.24) is 4.72 Å². The number of carbonyl (C=O) groups is 1. The van der Waals surface area contributed by atoms with Crippen molar-refractivity contribution in [2.75, 3.05) is 46.3 Å². The van der Waals surface area contributed by atoms with Crippen LogP contribution in [0.2, 0.25) is 0 Å². The molecule has 0 aliphatic heterocycles. The first kappa shape index (κ1) is 17.3. The Balaban J connectivity index is 3.58. The lowest BCUT2D eigenvalue weighted by atomic mass is 10.3. The van der Waals surface area contributed by atoms with Gasteiger partial charge in [-0.1, -0.05) is 0 Å². The van der Waals surface area contributed by atoms with Gasteiger partial charge < -0.3 is 14.2 Å². The van der Waals surface area contributed by atoms with Gasteiger partial charge in [-0.3, -0.25) is 4.79 Å². The fraction of sp³-hybridized carbons (Fsp3) is 0.900. The first-order valence-corrected chi connectivity index (χ1v) is 7.28. The predicted octanol–water partition coefficient (Wildman–Crippen LogP) is -0.478. The highest BCUT2D eigenvalue weighted by molar-refractivity contribution is 7.89. The van der Waals surface area contributed by atoms with Gasteiger partial charge in [-0.2, -0.15) is 0 Å². The molecule has 0 aromatic rings. The predicted molar refractivity (Wildman–Crippen MR) is 65.7 cm³/mol. The van der Waals surface area contributed by atoms with Gasteiger partial charge in [0.25, 0.3) is 0 Å². The number of esters is 1. The van der Waals surface area contributed by atoms with Crippen LogP contribution in [0.1, 0.15) is 12.8 Å². The van der Waals surface area contributed by atoms with E-state index in [9.17, 15) is 13.2 Å². The molecule has 0 amide bonds. The molecular formula is C10H21NO6S. The molecule has 0 atom stereocenters. The third-order valence-electron chi connectivity index (χ3n) is 2.02. The fourth-order valence-electron chi connectivity index (χ4n) is 1.09. The second-order valence-corrected chi connectivity index (χ2v) is 5.42. The monoisotopic (exact) mass is 283 g/mol. The number of rotatable bonds is 11. The number of carbonyl (C=O) groups excluding carboxylic acids is 1. The molecule has 8 heteroatoms. The minimum Gasteiger partial charge on any atom is -0.469 e. The Kier molecular flexibility index (Phi) is 9.85. The molecule has 0 unspecified atom stereocenters. The first-order valence-electron chi connectivity index (χ1n) is 5.62. The maximum Gasteiger partial charge on any atom is 0.305 e. The van der Waals surface area contributed by atoms with Crippen LogP contribution in [0.5, 0.6) is 0 Å². The summed E-state index contributed by atoms with van der Waals surface area (Å²) >= 11 is 0. The summed E-state index contributed by atoms with van der Waals surface area (Å²) in [6, 6.07) is 0. The Bertz CT molecular complexity index is 316. The molecule has 0 aliphatic carbocycles. The standard InChI is InChI=1S/C10H21NO6S/c1-15-7-8-17-6-5-11-18(13,14)9-3-4-10(12)16-2/h11H,3-9H2,1-2H3. The summed E-state index contributed by atoms with van der Waals surface area (Å²) in [5, 5.41) is 0.